The van der Waals surface area contributed by atoms with Crippen molar-refractivity contribution < 1.29 is 4.90 Å². The Kier molecular flexibility index (Phi) is 1.72. The maximum atomic E-state index is 2.44. The van der Waals surface area contributed by atoms with Crippen molar-refractivity contribution in [2.75, 3.05) is 13.6 Å². The van der Waals surface area contributed by atoms with Crippen molar-refractivity contribution in [2.45, 2.75) is 26.4 Å². The van der Waals surface area contributed by atoms with E-state index >= 15 is 0 Å². The predicted molar refractivity (Wildman–Crippen MR) is 49.3 cm³/mol. The minimum atomic E-state index is 0.660. The zero-order chi connectivity index (χ0) is 8.72. The summed E-state index contributed by atoms with van der Waals surface area (Å²) in [7, 11) is 2.27. The van der Waals surface area contributed by atoms with Gasteiger partial charge in [0.25, 0.3) is 0 Å². The summed E-state index contributed by atoms with van der Waals surface area (Å²) in [5, 5.41) is 0. The second-order valence-corrected chi connectivity index (χ2v) is 3.87. The fraction of sp³-hybridized carbons (Fsp3) is 0.600. The Morgan fingerprint density at radius 1 is 1.50 bits per heavy atom. The number of quaternary nitrogens is 1. The van der Waals surface area contributed by atoms with Crippen LogP contribution in [0, 0.1) is 6.92 Å². The molecule has 1 aromatic heterocycles. The third kappa shape index (κ3) is 0.985. The third-order valence-electron chi connectivity index (χ3n) is 3.15. The molecule has 1 aliphatic rings. The molecule has 0 fully saturated rings. The molecule has 2 heteroatoms. The third-order valence-corrected chi connectivity index (χ3v) is 3.15. The molecule has 1 N–H and O–H groups in total. The Morgan fingerprint density at radius 2 is 2.25 bits per heavy atom. The van der Waals surface area contributed by atoms with E-state index in [2.05, 4.69) is 37.6 Å². The van der Waals surface area contributed by atoms with Gasteiger partial charge in [0.1, 0.15) is 6.04 Å². The summed E-state index contributed by atoms with van der Waals surface area (Å²) in [6.45, 7) is 6.94. The normalized spacial score (nSPS) is 28.6. The molecule has 0 saturated carbocycles. The van der Waals surface area contributed by atoms with Crippen molar-refractivity contribution in [3.05, 3.63) is 23.5 Å². The summed E-state index contributed by atoms with van der Waals surface area (Å²) in [5.41, 5.74) is 2.90. The second-order valence-electron chi connectivity index (χ2n) is 3.87. The molecular formula is C10H17N2+. The van der Waals surface area contributed by atoms with E-state index in [1.807, 2.05) is 0 Å². The predicted octanol–water partition coefficient (Wildman–Crippen LogP) is 0.386. The monoisotopic (exact) mass is 165 g/mol. The van der Waals surface area contributed by atoms with E-state index in [-0.39, 0.29) is 0 Å². The van der Waals surface area contributed by atoms with Gasteiger partial charge in [0, 0.05) is 5.69 Å². The summed E-state index contributed by atoms with van der Waals surface area (Å²) in [5.74, 6) is 0. The topological polar surface area (TPSA) is 9.37 Å². The van der Waals surface area contributed by atoms with Crippen LogP contribution in [-0.2, 0) is 6.54 Å². The van der Waals surface area contributed by atoms with Gasteiger partial charge in [0.05, 0.1) is 25.8 Å². The zero-order valence-corrected chi connectivity index (χ0v) is 8.09. The number of rotatable bonds is 0. The van der Waals surface area contributed by atoms with Crippen molar-refractivity contribution in [2.24, 2.45) is 0 Å². The summed E-state index contributed by atoms with van der Waals surface area (Å²) in [6, 6.07) is 5.15. The SMILES string of the molecule is Cc1ccc2n1CC[NH+](C)C2C. The molecule has 0 aliphatic carbocycles. The maximum Gasteiger partial charge on any atom is 0.125 e. The highest BCUT2D eigenvalue weighted by atomic mass is 15.2. The number of nitrogens with one attached hydrogen (secondary N) is 1. The molecule has 1 aromatic rings. The van der Waals surface area contributed by atoms with Crippen LogP contribution >= 0.6 is 0 Å². The highest BCUT2D eigenvalue weighted by Gasteiger charge is 2.24. The first-order chi connectivity index (χ1) is 5.70. The zero-order valence-electron chi connectivity index (χ0n) is 8.09. The van der Waals surface area contributed by atoms with Crippen molar-refractivity contribution in [1.82, 2.24) is 4.57 Å². The van der Waals surface area contributed by atoms with E-state index in [0.717, 1.165) is 0 Å². The van der Waals surface area contributed by atoms with Crippen LogP contribution in [-0.4, -0.2) is 18.2 Å². The first-order valence-electron chi connectivity index (χ1n) is 4.68. The Morgan fingerprint density at radius 3 is 3.00 bits per heavy atom. The van der Waals surface area contributed by atoms with Crippen molar-refractivity contribution in [3.8, 4) is 0 Å². The molecule has 0 bridgehead atoms. The fourth-order valence-corrected chi connectivity index (χ4v) is 2.03. The minimum Gasteiger partial charge on any atom is -0.338 e. The van der Waals surface area contributed by atoms with Crippen LogP contribution in [0.1, 0.15) is 24.4 Å². The van der Waals surface area contributed by atoms with E-state index in [4.69, 9.17) is 0 Å². The minimum absolute atomic E-state index is 0.660. The highest BCUT2D eigenvalue weighted by molar-refractivity contribution is 5.17. The average Bonchev–Trinajstić information content (AvgIpc) is 2.41. The molecule has 2 nitrogen and oxygen atoms in total. The molecule has 2 atom stereocenters. The smallest absolute Gasteiger partial charge is 0.125 e. The van der Waals surface area contributed by atoms with E-state index in [0.29, 0.717) is 6.04 Å². The van der Waals surface area contributed by atoms with Gasteiger partial charge in [-0.3, -0.25) is 0 Å². The fourth-order valence-electron chi connectivity index (χ4n) is 2.03. The van der Waals surface area contributed by atoms with Crippen LogP contribution in [0.5, 0.6) is 0 Å². The van der Waals surface area contributed by atoms with Gasteiger partial charge >= 0.3 is 0 Å². The lowest BCUT2D eigenvalue weighted by molar-refractivity contribution is -0.914. The van der Waals surface area contributed by atoms with Crippen LogP contribution in [0.4, 0.5) is 0 Å². The Bertz CT molecular complexity index is 288. The van der Waals surface area contributed by atoms with E-state index < -0.39 is 0 Å². The van der Waals surface area contributed by atoms with E-state index in [1.54, 1.807) is 4.90 Å². The highest BCUT2D eigenvalue weighted by Crippen LogP contribution is 2.16. The molecule has 0 aromatic carbocycles. The van der Waals surface area contributed by atoms with Gasteiger partial charge in [-0.15, -0.1) is 0 Å². The lowest BCUT2D eigenvalue weighted by Crippen LogP contribution is -3.10. The standard InChI is InChI=1S/C10H16N2/c1-8-4-5-10-9(2)11(3)6-7-12(8)10/h4-5,9H,6-7H2,1-3H3/p+1. The van der Waals surface area contributed by atoms with Gasteiger partial charge in [-0.2, -0.15) is 0 Å². The van der Waals surface area contributed by atoms with Gasteiger partial charge < -0.3 is 9.47 Å². The van der Waals surface area contributed by atoms with Gasteiger partial charge in [-0.25, -0.2) is 0 Å². The Balaban J connectivity index is 2.43. The van der Waals surface area contributed by atoms with Crippen molar-refractivity contribution in [1.29, 1.82) is 0 Å². The van der Waals surface area contributed by atoms with Gasteiger partial charge in [0.15, 0.2) is 0 Å². The lowest BCUT2D eigenvalue weighted by Gasteiger charge is -2.29. The summed E-state index contributed by atoms with van der Waals surface area (Å²) < 4.78 is 2.44. The van der Waals surface area contributed by atoms with E-state index in [9.17, 15) is 0 Å². The molecule has 0 spiro atoms. The molecule has 2 unspecified atom stereocenters. The summed E-state index contributed by atoms with van der Waals surface area (Å²) in [4.78, 5) is 1.63. The molecule has 0 radical (unpaired) electrons. The van der Waals surface area contributed by atoms with E-state index in [1.165, 1.54) is 24.5 Å². The van der Waals surface area contributed by atoms with Gasteiger partial charge in [0.2, 0.25) is 0 Å². The second kappa shape index (κ2) is 2.63. The largest absolute Gasteiger partial charge is 0.338 e. The number of aromatic nitrogens is 1. The quantitative estimate of drug-likeness (QED) is 0.569. The van der Waals surface area contributed by atoms with Crippen LogP contribution < -0.4 is 4.90 Å². The van der Waals surface area contributed by atoms with Crippen LogP contribution in [0.25, 0.3) is 0 Å². The number of aryl methyl sites for hydroxylation is 1. The molecule has 1 aliphatic heterocycles. The van der Waals surface area contributed by atoms with Crippen molar-refractivity contribution >= 4 is 0 Å². The number of hydrogen-bond donors (Lipinski definition) is 1. The molecule has 2 heterocycles. The maximum absolute atomic E-state index is 2.44. The summed E-state index contributed by atoms with van der Waals surface area (Å²) in [6.07, 6.45) is 0. The molecule has 2 rings (SSSR count). The number of hydrogen-bond acceptors (Lipinski definition) is 0. The van der Waals surface area contributed by atoms with Crippen molar-refractivity contribution in [3.63, 3.8) is 0 Å². The number of fused-ring (bicyclic) bond motifs is 1. The van der Waals surface area contributed by atoms with Crippen LogP contribution in [0.15, 0.2) is 12.1 Å². The first kappa shape index (κ1) is 7.87. The van der Waals surface area contributed by atoms with Crippen LogP contribution in [0.2, 0.25) is 0 Å². The molecule has 66 valence electrons. The Hall–Kier alpha value is -0.760. The molecule has 0 saturated heterocycles. The van der Waals surface area contributed by atoms with Gasteiger partial charge in [-0.05, 0) is 26.0 Å². The Labute approximate surface area is 73.8 Å². The number of likely N-dealkylation sites (N-methyl/N-ethyl adjacent to an activating group) is 1. The molecular weight excluding hydrogens is 148 g/mol. The average molecular weight is 165 g/mol. The summed E-state index contributed by atoms with van der Waals surface area (Å²) >= 11 is 0. The molecule has 12 heavy (non-hydrogen) atoms. The lowest BCUT2D eigenvalue weighted by atomic mass is 10.2. The first-order valence-corrected chi connectivity index (χ1v) is 4.68. The number of nitrogens with zero attached hydrogens (tertiary/aromatic N) is 1. The molecule has 0 amide bonds. The van der Waals surface area contributed by atoms with Gasteiger partial charge in [-0.1, -0.05) is 0 Å². The van der Waals surface area contributed by atoms with Crippen LogP contribution in [0.3, 0.4) is 0 Å².